The number of carbonyl (C=O) groups excluding carboxylic acids is 2. The molecule has 3 aromatic carbocycles. The largest absolute Gasteiger partial charge is 0.507 e. The highest BCUT2D eigenvalue weighted by Gasteiger charge is 2.47. The van der Waals surface area contributed by atoms with Crippen molar-refractivity contribution in [3.8, 4) is 17.2 Å². The van der Waals surface area contributed by atoms with Crippen molar-refractivity contribution >= 4 is 23.1 Å². The molecule has 1 unspecified atom stereocenters. The number of aliphatic hydroxyl groups is 1. The SMILES string of the molecule is CCOc1ccc(/C(O)=C2/C(=O)C(=O)N(c3ccc(C(C)C)cc3)C2c2ccc(OC)c(O)c2)cc1C. The summed E-state index contributed by atoms with van der Waals surface area (Å²) in [6.45, 7) is 8.36. The molecule has 192 valence electrons. The predicted molar refractivity (Wildman–Crippen MR) is 142 cm³/mol. The molecule has 1 atom stereocenters. The molecule has 37 heavy (non-hydrogen) atoms. The summed E-state index contributed by atoms with van der Waals surface area (Å²) in [6, 6.07) is 16.2. The van der Waals surface area contributed by atoms with Gasteiger partial charge in [0.1, 0.15) is 11.5 Å². The average Bonchev–Trinajstić information content (AvgIpc) is 3.15. The first-order valence-electron chi connectivity index (χ1n) is 12.2. The zero-order chi connectivity index (χ0) is 26.9. The summed E-state index contributed by atoms with van der Waals surface area (Å²) in [7, 11) is 1.44. The molecule has 0 bridgehead atoms. The van der Waals surface area contributed by atoms with E-state index in [1.165, 1.54) is 18.1 Å². The summed E-state index contributed by atoms with van der Waals surface area (Å²) in [5, 5.41) is 21.9. The van der Waals surface area contributed by atoms with Crippen molar-refractivity contribution < 1.29 is 29.3 Å². The van der Waals surface area contributed by atoms with E-state index in [4.69, 9.17) is 9.47 Å². The Labute approximate surface area is 216 Å². The minimum absolute atomic E-state index is 0.0638. The van der Waals surface area contributed by atoms with Gasteiger partial charge < -0.3 is 19.7 Å². The molecule has 1 amide bonds. The van der Waals surface area contributed by atoms with E-state index >= 15 is 0 Å². The number of phenols is 1. The molecule has 1 aliphatic heterocycles. The number of benzene rings is 3. The third-order valence-corrected chi connectivity index (χ3v) is 6.55. The van der Waals surface area contributed by atoms with E-state index in [2.05, 4.69) is 13.8 Å². The zero-order valence-corrected chi connectivity index (χ0v) is 21.6. The number of hydrogen-bond acceptors (Lipinski definition) is 6. The molecule has 1 fully saturated rings. The van der Waals surface area contributed by atoms with Crippen LogP contribution >= 0.6 is 0 Å². The van der Waals surface area contributed by atoms with Gasteiger partial charge in [0.15, 0.2) is 11.5 Å². The molecule has 7 nitrogen and oxygen atoms in total. The smallest absolute Gasteiger partial charge is 0.300 e. The van der Waals surface area contributed by atoms with E-state index in [1.54, 1.807) is 42.5 Å². The number of nitrogens with zero attached hydrogens (tertiary/aromatic N) is 1. The van der Waals surface area contributed by atoms with E-state index in [1.807, 2.05) is 26.0 Å². The van der Waals surface area contributed by atoms with E-state index in [9.17, 15) is 19.8 Å². The number of ether oxygens (including phenoxy) is 2. The van der Waals surface area contributed by atoms with E-state index in [0.717, 1.165) is 11.1 Å². The van der Waals surface area contributed by atoms with Crippen LogP contribution in [0.2, 0.25) is 0 Å². The van der Waals surface area contributed by atoms with Crippen molar-refractivity contribution in [2.24, 2.45) is 0 Å². The van der Waals surface area contributed by atoms with Crippen LogP contribution in [0.1, 0.15) is 55.0 Å². The highest BCUT2D eigenvalue weighted by atomic mass is 16.5. The Morgan fingerprint density at radius 2 is 1.68 bits per heavy atom. The van der Waals surface area contributed by atoms with Gasteiger partial charge in [-0.15, -0.1) is 0 Å². The maximum atomic E-state index is 13.4. The monoisotopic (exact) mass is 501 g/mol. The van der Waals surface area contributed by atoms with E-state index in [-0.39, 0.29) is 22.8 Å². The van der Waals surface area contributed by atoms with Crippen molar-refractivity contribution in [3.63, 3.8) is 0 Å². The number of Topliss-reactive ketones (excluding diaryl/α,β-unsaturated/α-hetero) is 1. The molecular formula is C30H31NO6. The summed E-state index contributed by atoms with van der Waals surface area (Å²) < 4.78 is 10.8. The van der Waals surface area contributed by atoms with Crippen molar-refractivity contribution in [1.29, 1.82) is 0 Å². The second-order valence-corrected chi connectivity index (χ2v) is 9.26. The predicted octanol–water partition coefficient (Wildman–Crippen LogP) is 5.86. The quantitative estimate of drug-likeness (QED) is 0.239. The third kappa shape index (κ3) is 4.77. The second kappa shape index (κ2) is 10.4. The maximum Gasteiger partial charge on any atom is 0.300 e. The Bertz CT molecular complexity index is 1370. The fourth-order valence-corrected chi connectivity index (χ4v) is 4.58. The van der Waals surface area contributed by atoms with Crippen molar-refractivity contribution in [3.05, 3.63) is 88.5 Å². The number of aliphatic hydroxyl groups excluding tert-OH is 1. The fourth-order valence-electron chi connectivity index (χ4n) is 4.58. The van der Waals surface area contributed by atoms with Gasteiger partial charge in [0.25, 0.3) is 11.7 Å². The second-order valence-electron chi connectivity index (χ2n) is 9.26. The van der Waals surface area contributed by atoms with Gasteiger partial charge in [-0.05, 0) is 78.9 Å². The molecule has 0 aliphatic carbocycles. The first-order chi connectivity index (χ1) is 17.7. The van der Waals surface area contributed by atoms with Gasteiger partial charge in [-0.1, -0.05) is 32.0 Å². The number of anilines is 1. The normalized spacial score (nSPS) is 16.9. The number of carbonyl (C=O) groups is 2. The summed E-state index contributed by atoms with van der Waals surface area (Å²) in [6.07, 6.45) is 0. The summed E-state index contributed by atoms with van der Waals surface area (Å²) >= 11 is 0. The Balaban J connectivity index is 1.91. The lowest BCUT2D eigenvalue weighted by molar-refractivity contribution is -0.132. The molecule has 1 saturated heterocycles. The van der Waals surface area contributed by atoms with Crippen LogP contribution in [-0.2, 0) is 9.59 Å². The zero-order valence-electron chi connectivity index (χ0n) is 21.6. The van der Waals surface area contributed by atoms with Gasteiger partial charge in [0, 0.05) is 11.3 Å². The molecule has 4 rings (SSSR count). The number of ketones is 1. The first-order valence-corrected chi connectivity index (χ1v) is 12.2. The molecule has 7 heteroatoms. The van der Waals surface area contributed by atoms with Gasteiger partial charge in [-0.25, -0.2) is 0 Å². The third-order valence-electron chi connectivity index (χ3n) is 6.55. The number of amides is 1. The van der Waals surface area contributed by atoms with Crippen LogP contribution in [0.3, 0.4) is 0 Å². The molecule has 1 heterocycles. The highest BCUT2D eigenvalue weighted by Crippen LogP contribution is 2.44. The topological polar surface area (TPSA) is 96.3 Å². The van der Waals surface area contributed by atoms with Gasteiger partial charge >= 0.3 is 0 Å². The molecule has 0 aromatic heterocycles. The lowest BCUT2D eigenvalue weighted by Crippen LogP contribution is -2.29. The summed E-state index contributed by atoms with van der Waals surface area (Å²) in [5.41, 5.74) is 3.15. The molecule has 2 N–H and O–H groups in total. The first kappa shape index (κ1) is 25.8. The summed E-state index contributed by atoms with van der Waals surface area (Å²) in [5.74, 6) is -0.796. The standard InChI is InChI=1S/C30H31NO6/c1-6-37-24-13-10-21(15-18(24)4)28(33)26-27(20-9-14-25(36-5)23(32)16-20)31(30(35)29(26)34)22-11-7-19(8-12-22)17(2)3/h7-17,27,32-33H,6H2,1-5H3/b28-26-. The Morgan fingerprint density at radius 1 is 1.00 bits per heavy atom. The van der Waals surface area contributed by atoms with Crippen LogP contribution in [0.5, 0.6) is 17.2 Å². The summed E-state index contributed by atoms with van der Waals surface area (Å²) in [4.78, 5) is 28.2. The minimum atomic E-state index is -0.964. The minimum Gasteiger partial charge on any atom is -0.507 e. The molecule has 0 saturated carbocycles. The Morgan fingerprint density at radius 3 is 2.24 bits per heavy atom. The number of rotatable bonds is 7. The van der Waals surface area contributed by atoms with Crippen LogP contribution in [-0.4, -0.2) is 35.6 Å². The van der Waals surface area contributed by atoms with E-state index < -0.39 is 17.7 Å². The van der Waals surface area contributed by atoms with Crippen molar-refractivity contribution in [2.45, 2.75) is 39.7 Å². The Hall–Kier alpha value is -4.26. The molecule has 0 radical (unpaired) electrons. The van der Waals surface area contributed by atoms with Crippen LogP contribution in [0.4, 0.5) is 5.69 Å². The van der Waals surface area contributed by atoms with Gasteiger partial charge in [0.2, 0.25) is 0 Å². The lowest BCUT2D eigenvalue weighted by atomic mass is 9.94. The van der Waals surface area contributed by atoms with E-state index in [0.29, 0.717) is 35.1 Å². The van der Waals surface area contributed by atoms with Gasteiger partial charge in [0.05, 0.1) is 25.3 Å². The number of methoxy groups -OCH3 is 1. The van der Waals surface area contributed by atoms with Crippen LogP contribution in [0, 0.1) is 6.92 Å². The van der Waals surface area contributed by atoms with Crippen molar-refractivity contribution in [2.75, 3.05) is 18.6 Å². The lowest BCUT2D eigenvalue weighted by Gasteiger charge is -2.26. The number of phenolic OH excluding ortho intramolecular Hbond substituents is 1. The van der Waals surface area contributed by atoms with Gasteiger partial charge in [-0.2, -0.15) is 0 Å². The molecule has 0 spiro atoms. The number of aryl methyl sites for hydroxylation is 1. The molecule has 3 aromatic rings. The molecule has 1 aliphatic rings. The number of aromatic hydroxyl groups is 1. The van der Waals surface area contributed by atoms with Crippen LogP contribution in [0.15, 0.2) is 66.2 Å². The highest BCUT2D eigenvalue weighted by molar-refractivity contribution is 6.51. The van der Waals surface area contributed by atoms with Crippen LogP contribution in [0.25, 0.3) is 5.76 Å². The molecular weight excluding hydrogens is 470 g/mol. The van der Waals surface area contributed by atoms with Crippen molar-refractivity contribution in [1.82, 2.24) is 0 Å². The van der Waals surface area contributed by atoms with Crippen LogP contribution < -0.4 is 14.4 Å². The van der Waals surface area contributed by atoms with Gasteiger partial charge in [-0.3, -0.25) is 14.5 Å². The maximum absolute atomic E-state index is 13.4. The fraction of sp³-hybridized carbons (Fsp3) is 0.267. The number of hydrogen-bond donors (Lipinski definition) is 2. The Kier molecular flexibility index (Phi) is 7.25. The average molecular weight is 502 g/mol.